The highest BCUT2D eigenvalue weighted by atomic mass is 19.4. The first-order valence-corrected chi connectivity index (χ1v) is 11.6. The minimum absolute atomic E-state index is 0.0153. The summed E-state index contributed by atoms with van der Waals surface area (Å²) in [5, 5.41) is 18.6. The number of carbonyl (C=O) groups is 2. The Balaban J connectivity index is 0.000000317. The standard InChI is InChI=1S/C19H26N4O2.2C2HF3O2/c1-2-23-12-17(10-21-23)11-22-14-19(15-22)8-18(5-7-25-19)24-13-16-4-3-6-20-9-16;2*3-2(4,5)1(6)7/h3-4,6,9-10,12,18H,2,5,7-8,11,13-15H2,1H3;2*(H,6,7). The molecule has 1 atom stereocenters. The molecule has 1 spiro atoms. The van der Waals surface area contributed by atoms with E-state index in [0.29, 0.717) is 6.61 Å². The first-order chi connectivity index (χ1) is 18.1. The normalized spacial score (nSPS) is 18.7. The molecule has 39 heavy (non-hydrogen) atoms. The van der Waals surface area contributed by atoms with Crippen LogP contribution < -0.4 is 0 Å². The molecule has 0 aliphatic carbocycles. The van der Waals surface area contributed by atoms with E-state index in [9.17, 15) is 26.3 Å². The maximum atomic E-state index is 10.6. The van der Waals surface area contributed by atoms with Gasteiger partial charge in [0.05, 0.1) is 24.5 Å². The summed E-state index contributed by atoms with van der Waals surface area (Å²) in [6, 6.07) is 4.01. The SMILES string of the molecule is CCn1cc(CN2CC3(CC(OCc4cccnc4)CCO3)C2)cn1.O=C(O)C(F)(F)F.O=C(O)C(F)(F)F. The first-order valence-electron chi connectivity index (χ1n) is 11.6. The quantitative estimate of drug-likeness (QED) is 0.502. The Labute approximate surface area is 219 Å². The Kier molecular flexibility index (Phi) is 11.2. The average molecular weight is 570 g/mol. The number of halogens is 6. The van der Waals surface area contributed by atoms with Crippen LogP contribution >= 0.6 is 0 Å². The zero-order chi connectivity index (χ0) is 29.3. The minimum atomic E-state index is -5.08. The molecule has 2 aromatic heterocycles. The lowest BCUT2D eigenvalue weighted by Gasteiger charge is -2.53. The second-order valence-corrected chi connectivity index (χ2v) is 8.77. The van der Waals surface area contributed by atoms with Gasteiger partial charge in [-0.05, 0) is 25.0 Å². The van der Waals surface area contributed by atoms with Crippen LogP contribution in [0.1, 0.15) is 30.9 Å². The molecule has 4 heterocycles. The first kappa shape index (κ1) is 32.0. The number of alkyl halides is 6. The van der Waals surface area contributed by atoms with Crippen LogP contribution in [0.5, 0.6) is 0 Å². The van der Waals surface area contributed by atoms with Crippen LogP contribution in [0.15, 0.2) is 36.9 Å². The molecule has 2 aliphatic heterocycles. The summed E-state index contributed by atoms with van der Waals surface area (Å²) in [5.41, 5.74) is 2.39. The van der Waals surface area contributed by atoms with Gasteiger partial charge >= 0.3 is 24.3 Å². The van der Waals surface area contributed by atoms with E-state index in [-0.39, 0.29) is 11.7 Å². The smallest absolute Gasteiger partial charge is 0.475 e. The molecule has 0 bridgehead atoms. The number of nitrogens with zero attached hydrogens (tertiary/aromatic N) is 4. The van der Waals surface area contributed by atoms with Gasteiger partial charge in [0.15, 0.2) is 0 Å². The van der Waals surface area contributed by atoms with Gasteiger partial charge in [0.1, 0.15) is 0 Å². The summed E-state index contributed by atoms with van der Waals surface area (Å²) in [4.78, 5) is 24.4. The number of aromatic nitrogens is 3. The van der Waals surface area contributed by atoms with E-state index < -0.39 is 24.3 Å². The Morgan fingerprint density at radius 1 is 1.10 bits per heavy atom. The average Bonchev–Trinajstić information content (AvgIpc) is 3.30. The highest BCUT2D eigenvalue weighted by Crippen LogP contribution is 2.36. The molecule has 2 aromatic rings. The Bertz CT molecular complexity index is 1030. The lowest BCUT2D eigenvalue weighted by Crippen LogP contribution is -2.65. The second-order valence-electron chi connectivity index (χ2n) is 8.77. The zero-order valence-electron chi connectivity index (χ0n) is 20.8. The van der Waals surface area contributed by atoms with E-state index in [1.54, 1.807) is 6.20 Å². The fourth-order valence-electron chi connectivity index (χ4n) is 3.84. The highest BCUT2D eigenvalue weighted by Gasteiger charge is 2.47. The van der Waals surface area contributed by atoms with Crippen LogP contribution in [0.4, 0.5) is 26.3 Å². The topological polar surface area (TPSA) is 127 Å². The van der Waals surface area contributed by atoms with Crippen molar-refractivity contribution in [1.82, 2.24) is 19.7 Å². The second kappa shape index (κ2) is 13.7. The van der Waals surface area contributed by atoms with Crippen molar-refractivity contribution in [2.75, 3.05) is 19.7 Å². The molecule has 16 heteroatoms. The molecule has 4 rings (SSSR count). The van der Waals surface area contributed by atoms with E-state index >= 15 is 0 Å². The van der Waals surface area contributed by atoms with Crippen molar-refractivity contribution >= 4 is 11.9 Å². The van der Waals surface area contributed by atoms with Crippen molar-refractivity contribution in [3.05, 3.63) is 48.0 Å². The van der Waals surface area contributed by atoms with Gasteiger partial charge in [-0.15, -0.1) is 0 Å². The number of pyridine rings is 1. The fraction of sp³-hybridized carbons (Fsp3) is 0.565. The predicted molar refractivity (Wildman–Crippen MR) is 121 cm³/mol. The van der Waals surface area contributed by atoms with Crippen molar-refractivity contribution in [2.24, 2.45) is 0 Å². The lowest BCUT2D eigenvalue weighted by atomic mass is 9.84. The summed E-state index contributed by atoms with van der Waals surface area (Å²) in [6.07, 6.45) is -0.165. The van der Waals surface area contributed by atoms with Crippen LogP contribution in [-0.2, 0) is 38.8 Å². The van der Waals surface area contributed by atoms with Gasteiger partial charge in [0.2, 0.25) is 0 Å². The van der Waals surface area contributed by atoms with Crippen molar-refractivity contribution in [3.8, 4) is 0 Å². The number of rotatable bonds is 6. The summed E-state index contributed by atoms with van der Waals surface area (Å²) in [6.45, 7) is 7.37. The molecule has 218 valence electrons. The molecule has 2 N–H and O–H groups in total. The van der Waals surface area contributed by atoms with Gasteiger partial charge in [-0.3, -0.25) is 14.6 Å². The maximum Gasteiger partial charge on any atom is 0.490 e. The van der Waals surface area contributed by atoms with Crippen molar-refractivity contribution in [1.29, 1.82) is 0 Å². The zero-order valence-corrected chi connectivity index (χ0v) is 20.8. The van der Waals surface area contributed by atoms with E-state index in [2.05, 4.69) is 34.2 Å². The number of aliphatic carboxylic acids is 2. The third-order valence-electron chi connectivity index (χ3n) is 5.58. The molecule has 0 aromatic carbocycles. The minimum Gasteiger partial charge on any atom is -0.475 e. The van der Waals surface area contributed by atoms with Gasteiger partial charge in [-0.25, -0.2) is 9.59 Å². The third kappa shape index (κ3) is 10.8. The van der Waals surface area contributed by atoms with Crippen LogP contribution in [0.2, 0.25) is 0 Å². The molecule has 2 saturated heterocycles. The Morgan fingerprint density at radius 3 is 2.21 bits per heavy atom. The fourth-order valence-corrected chi connectivity index (χ4v) is 3.84. The number of hydrogen-bond acceptors (Lipinski definition) is 7. The molecule has 2 aliphatic rings. The number of aryl methyl sites for hydroxylation is 1. The van der Waals surface area contributed by atoms with Gasteiger partial charge < -0.3 is 19.7 Å². The number of ether oxygens (including phenoxy) is 2. The molecule has 2 fully saturated rings. The van der Waals surface area contributed by atoms with Crippen LogP contribution in [0.25, 0.3) is 0 Å². The number of carboxylic acids is 2. The highest BCUT2D eigenvalue weighted by molar-refractivity contribution is 5.73. The lowest BCUT2D eigenvalue weighted by molar-refractivity contribution is -0.200. The summed E-state index contributed by atoms with van der Waals surface area (Å²) < 4.78 is 77.7. The van der Waals surface area contributed by atoms with Crippen LogP contribution in [0.3, 0.4) is 0 Å². The van der Waals surface area contributed by atoms with Gasteiger partial charge in [0.25, 0.3) is 0 Å². The van der Waals surface area contributed by atoms with Crippen LogP contribution in [-0.4, -0.2) is 85.6 Å². The molecule has 0 amide bonds. The van der Waals surface area contributed by atoms with Crippen LogP contribution in [0, 0.1) is 0 Å². The monoisotopic (exact) mass is 570 g/mol. The predicted octanol–water partition coefficient (Wildman–Crippen LogP) is 3.51. The van der Waals surface area contributed by atoms with Crippen molar-refractivity contribution in [2.45, 2.75) is 63.5 Å². The van der Waals surface area contributed by atoms with Gasteiger partial charge in [-0.2, -0.15) is 31.4 Å². The van der Waals surface area contributed by atoms with Gasteiger partial charge in [0, 0.05) is 63.4 Å². The van der Waals surface area contributed by atoms with Crippen molar-refractivity contribution < 1.29 is 55.6 Å². The van der Waals surface area contributed by atoms with E-state index in [0.717, 1.165) is 51.2 Å². The van der Waals surface area contributed by atoms with E-state index in [1.807, 2.05) is 23.1 Å². The molecule has 10 nitrogen and oxygen atoms in total. The molecule has 1 unspecified atom stereocenters. The number of likely N-dealkylation sites (tertiary alicyclic amines) is 1. The summed E-state index contributed by atoms with van der Waals surface area (Å²) in [7, 11) is 0. The maximum absolute atomic E-state index is 10.6. The number of hydrogen-bond donors (Lipinski definition) is 2. The summed E-state index contributed by atoms with van der Waals surface area (Å²) in [5.74, 6) is -5.51. The van der Waals surface area contributed by atoms with E-state index in [1.165, 1.54) is 5.56 Å². The largest absolute Gasteiger partial charge is 0.490 e. The molecular weight excluding hydrogens is 542 g/mol. The molecular formula is C23H28F6N4O6. The Morgan fingerprint density at radius 2 is 1.72 bits per heavy atom. The number of carboxylic acid groups (broad SMARTS) is 2. The van der Waals surface area contributed by atoms with E-state index in [4.69, 9.17) is 29.3 Å². The molecule has 0 saturated carbocycles. The summed E-state index contributed by atoms with van der Waals surface area (Å²) >= 11 is 0. The Hall–Kier alpha value is -3.24. The molecule has 0 radical (unpaired) electrons. The van der Waals surface area contributed by atoms with Gasteiger partial charge in [-0.1, -0.05) is 6.07 Å². The third-order valence-corrected chi connectivity index (χ3v) is 5.58. The van der Waals surface area contributed by atoms with Crippen molar-refractivity contribution in [3.63, 3.8) is 0 Å².